The lowest BCUT2D eigenvalue weighted by Crippen LogP contribution is -2.14. The summed E-state index contributed by atoms with van der Waals surface area (Å²) in [6, 6.07) is 0. The summed E-state index contributed by atoms with van der Waals surface area (Å²) in [6.45, 7) is 10.1. The number of carbonyl (C=O) groups excluding carboxylic acids is 4. The van der Waals surface area contributed by atoms with E-state index in [-0.39, 0.29) is 37.6 Å². The van der Waals surface area contributed by atoms with E-state index in [1.807, 2.05) is 0 Å². The maximum atomic E-state index is 11.5. The first-order valence-electron chi connectivity index (χ1n) is 7.45. The fraction of sp³-hybridized carbons (Fsp3) is 0.500. The van der Waals surface area contributed by atoms with E-state index in [2.05, 4.69) is 22.6 Å². The topological polar surface area (TPSA) is 105 Å². The maximum absolute atomic E-state index is 11.5. The van der Waals surface area contributed by atoms with Gasteiger partial charge in [0.1, 0.15) is 0 Å². The lowest BCUT2D eigenvalue weighted by atomic mass is 10.2. The Balaban J connectivity index is 3.92. The van der Waals surface area contributed by atoms with E-state index in [1.165, 1.54) is 0 Å². The molecule has 0 heterocycles. The maximum Gasteiger partial charge on any atom is 0.373 e. The van der Waals surface area contributed by atoms with Crippen molar-refractivity contribution in [2.45, 2.75) is 39.5 Å². The number of hydrogen-bond acceptors (Lipinski definition) is 8. The number of hydrogen-bond donors (Lipinski definition) is 0. The van der Waals surface area contributed by atoms with Crippen molar-refractivity contribution in [1.82, 2.24) is 0 Å². The molecule has 134 valence electrons. The lowest BCUT2D eigenvalue weighted by Gasteiger charge is -2.07. The molecule has 0 unspecified atom stereocenters. The van der Waals surface area contributed by atoms with Gasteiger partial charge in [0.25, 0.3) is 0 Å². The third-order valence-corrected chi connectivity index (χ3v) is 2.49. The molecular weight excluding hydrogens is 320 g/mol. The highest BCUT2D eigenvalue weighted by Crippen LogP contribution is 2.08. The second-order valence-electron chi connectivity index (χ2n) is 4.44. The normalized spacial score (nSPS) is 9.58. The Hall–Kier alpha value is -2.64. The van der Waals surface area contributed by atoms with Gasteiger partial charge in [-0.1, -0.05) is 0 Å². The van der Waals surface area contributed by atoms with E-state index in [0.29, 0.717) is 12.8 Å². The standard InChI is InChI=1S/C16H22O8/c1-5-21-15(19)11(3)23-13(17)9-7-8-10-14(18)24-12(4)16(20)22-6-2/h3-10H2,1-2H3. The fourth-order valence-corrected chi connectivity index (χ4v) is 1.42. The van der Waals surface area contributed by atoms with Crippen LogP contribution in [0.25, 0.3) is 0 Å². The average Bonchev–Trinajstić information content (AvgIpc) is 2.51. The summed E-state index contributed by atoms with van der Waals surface area (Å²) >= 11 is 0. The second-order valence-corrected chi connectivity index (χ2v) is 4.44. The number of rotatable bonds is 11. The van der Waals surface area contributed by atoms with Gasteiger partial charge < -0.3 is 18.9 Å². The number of carbonyl (C=O) groups is 4. The van der Waals surface area contributed by atoms with Crippen molar-refractivity contribution in [3.63, 3.8) is 0 Å². The van der Waals surface area contributed by atoms with Crippen molar-refractivity contribution in [2.24, 2.45) is 0 Å². The molecule has 0 saturated heterocycles. The van der Waals surface area contributed by atoms with E-state index in [4.69, 9.17) is 9.47 Å². The molecule has 0 fully saturated rings. The zero-order chi connectivity index (χ0) is 18.5. The molecule has 0 spiro atoms. The first-order chi connectivity index (χ1) is 11.3. The highest BCUT2D eigenvalue weighted by atomic mass is 16.6. The predicted octanol–water partition coefficient (Wildman–Crippen LogP) is 1.79. The minimum Gasteiger partial charge on any atom is -0.460 e. The molecule has 0 aromatic carbocycles. The van der Waals surface area contributed by atoms with E-state index < -0.39 is 23.9 Å². The van der Waals surface area contributed by atoms with Crippen molar-refractivity contribution in [3.05, 3.63) is 24.7 Å². The van der Waals surface area contributed by atoms with Gasteiger partial charge >= 0.3 is 23.9 Å². The molecule has 0 aliphatic rings. The van der Waals surface area contributed by atoms with Gasteiger partial charge in [-0.3, -0.25) is 9.59 Å². The molecule has 0 N–H and O–H groups in total. The first-order valence-corrected chi connectivity index (χ1v) is 7.45. The Morgan fingerprint density at radius 1 is 0.708 bits per heavy atom. The highest BCUT2D eigenvalue weighted by molar-refractivity contribution is 5.89. The van der Waals surface area contributed by atoms with Crippen LogP contribution in [0.3, 0.4) is 0 Å². The minimum atomic E-state index is -0.799. The quantitative estimate of drug-likeness (QED) is 0.184. The second kappa shape index (κ2) is 11.9. The van der Waals surface area contributed by atoms with Crippen LogP contribution < -0.4 is 0 Å². The minimum absolute atomic E-state index is 0.00940. The monoisotopic (exact) mass is 342 g/mol. The molecule has 0 bridgehead atoms. The Kier molecular flexibility index (Phi) is 10.6. The predicted molar refractivity (Wildman–Crippen MR) is 82.2 cm³/mol. The third kappa shape index (κ3) is 9.39. The summed E-state index contributed by atoms with van der Waals surface area (Å²) in [5.41, 5.74) is 0. The first kappa shape index (κ1) is 21.4. The summed E-state index contributed by atoms with van der Waals surface area (Å²) in [4.78, 5) is 45.3. The smallest absolute Gasteiger partial charge is 0.373 e. The van der Waals surface area contributed by atoms with Crippen molar-refractivity contribution < 1.29 is 38.1 Å². The van der Waals surface area contributed by atoms with Gasteiger partial charge in [-0.25, -0.2) is 9.59 Å². The van der Waals surface area contributed by atoms with Gasteiger partial charge in [0, 0.05) is 12.8 Å². The van der Waals surface area contributed by atoms with Crippen molar-refractivity contribution in [1.29, 1.82) is 0 Å². The van der Waals surface area contributed by atoms with E-state index in [1.54, 1.807) is 13.8 Å². The largest absolute Gasteiger partial charge is 0.460 e. The summed E-state index contributed by atoms with van der Waals surface area (Å²) in [7, 11) is 0. The zero-order valence-corrected chi connectivity index (χ0v) is 13.9. The summed E-state index contributed by atoms with van der Waals surface area (Å²) < 4.78 is 18.6. The van der Waals surface area contributed by atoms with Crippen molar-refractivity contribution in [2.75, 3.05) is 13.2 Å². The van der Waals surface area contributed by atoms with Crippen LogP contribution in [0.1, 0.15) is 39.5 Å². The molecule has 24 heavy (non-hydrogen) atoms. The summed E-state index contributed by atoms with van der Waals surface area (Å²) in [6.07, 6.45) is 0.640. The van der Waals surface area contributed by atoms with Crippen LogP contribution in [0.5, 0.6) is 0 Å². The van der Waals surface area contributed by atoms with Gasteiger partial charge in [0.05, 0.1) is 13.2 Å². The van der Waals surface area contributed by atoms with Crippen LogP contribution in [0.15, 0.2) is 24.7 Å². The van der Waals surface area contributed by atoms with Crippen LogP contribution >= 0.6 is 0 Å². The van der Waals surface area contributed by atoms with Gasteiger partial charge in [-0.15, -0.1) is 0 Å². The molecule has 0 rings (SSSR count). The van der Waals surface area contributed by atoms with Crippen molar-refractivity contribution >= 4 is 23.9 Å². The van der Waals surface area contributed by atoms with Crippen molar-refractivity contribution in [3.8, 4) is 0 Å². The highest BCUT2D eigenvalue weighted by Gasteiger charge is 2.16. The lowest BCUT2D eigenvalue weighted by molar-refractivity contribution is -0.151. The number of esters is 4. The SMILES string of the molecule is C=C(OC(=O)CCCCC(=O)OC(=C)C(=O)OCC)C(=O)OCC. The number of unbranched alkanes of at least 4 members (excludes halogenated alkanes) is 1. The van der Waals surface area contributed by atoms with Crippen LogP contribution in [-0.2, 0) is 38.1 Å². The molecule has 0 amide bonds. The van der Waals surface area contributed by atoms with E-state index >= 15 is 0 Å². The molecule has 0 radical (unpaired) electrons. The van der Waals surface area contributed by atoms with Crippen LogP contribution in [0, 0.1) is 0 Å². The Morgan fingerprint density at radius 2 is 1.04 bits per heavy atom. The Bertz CT molecular complexity index is 460. The Labute approximate surface area is 140 Å². The van der Waals surface area contributed by atoms with Gasteiger partial charge in [0.2, 0.25) is 11.5 Å². The van der Waals surface area contributed by atoms with Gasteiger partial charge in [0.15, 0.2) is 0 Å². The van der Waals surface area contributed by atoms with E-state index in [9.17, 15) is 19.2 Å². The molecule has 0 aromatic heterocycles. The number of ether oxygens (including phenoxy) is 4. The molecule has 0 atom stereocenters. The Morgan fingerprint density at radius 3 is 1.33 bits per heavy atom. The van der Waals surface area contributed by atoms with Gasteiger partial charge in [-0.2, -0.15) is 0 Å². The molecule has 8 heteroatoms. The molecule has 0 saturated carbocycles. The third-order valence-electron chi connectivity index (χ3n) is 2.49. The van der Waals surface area contributed by atoms with Crippen LogP contribution in [0.2, 0.25) is 0 Å². The molecule has 0 aromatic rings. The molecule has 0 aliphatic heterocycles. The fourth-order valence-electron chi connectivity index (χ4n) is 1.42. The molecular formula is C16H22O8. The van der Waals surface area contributed by atoms with Gasteiger partial charge in [-0.05, 0) is 39.8 Å². The van der Waals surface area contributed by atoms with E-state index in [0.717, 1.165) is 0 Å². The zero-order valence-electron chi connectivity index (χ0n) is 13.9. The average molecular weight is 342 g/mol. The van der Waals surface area contributed by atoms with Crippen LogP contribution in [0.4, 0.5) is 0 Å². The summed E-state index contributed by atoms with van der Waals surface area (Å²) in [5.74, 6) is -3.67. The van der Waals surface area contributed by atoms with Crippen LogP contribution in [-0.4, -0.2) is 37.1 Å². The molecule has 8 nitrogen and oxygen atoms in total. The molecule has 0 aliphatic carbocycles. The summed E-state index contributed by atoms with van der Waals surface area (Å²) in [5, 5.41) is 0.